The van der Waals surface area contributed by atoms with Gasteiger partial charge in [-0.2, -0.15) is 5.10 Å². The number of hydrogen-bond acceptors (Lipinski definition) is 7. The van der Waals surface area contributed by atoms with Crippen LogP contribution in [0, 0.1) is 5.82 Å². The first-order valence-corrected chi connectivity index (χ1v) is 9.91. The molecular formula is C20H20FN5O4. The lowest BCUT2D eigenvalue weighted by molar-refractivity contribution is 0.0528. The van der Waals surface area contributed by atoms with Crippen LogP contribution >= 0.6 is 0 Å². The molecule has 0 radical (unpaired) electrons. The molecule has 1 aliphatic carbocycles. The maximum absolute atomic E-state index is 13.8. The normalized spacial score (nSPS) is 20.0. The van der Waals surface area contributed by atoms with Crippen LogP contribution in [0.2, 0.25) is 0 Å². The van der Waals surface area contributed by atoms with E-state index >= 15 is 0 Å². The standard InChI is InChI=1S/C20H20FN5O4/c1-2-29-20(28)13-8-23-26-10-16-18(24-17(13)26)25(14-4-3-5-15(14)30-16)9-11-6-12(21)7-22-19(11)27/h6-8,10,14-15H,2-5,9H2,1H3,(H,22,27). The van der Waals surface area contributed by atoms with Crippen molar-refractivity contribution in [2.24, 2.45) is 0 Å². The Bertz CT molecular complexity index is 1190. The highest BCUT2D eigenvalue weighted by atomic mass is 19.1. The number of rotatable bonds is 4. The summed E-state index contributed by atoms with van der Waals surface area (Å²) in [5.74, 6) is -0.00857. The van der Waals surface area contributed by atoms with Gasteiger partial charge in [-0.25, -0.2) is 18.7 Å². The van der Waals surface area contributed by atoms with Gasteiger partial charge in [-0.15, -0.1) is 0 Å². The number of pyridine rings is 1. The molecule has 2 unspecified atom stereocenters. The predicted octanol–water partition coefficient (Wildman–Crippen LogP) is 2.05. The number of carbonyl (C=O) groups excluding carboxylic acids is 1. The van der Waals surface area contributed by atoms with Crippen LogP contribution < -0.4 is 15.2 Å². The first-order chi connectivity index (χ1) is 14.5. The van der Waals surface area contributed by atoms with Crippen molar-refractivity contribution in [2.75, 3.05) is 11.5 Å². The van der Waals surface area contributed by atoms with Gasteiger partial charge in [0, 0.05) is 11.8 Å². The second-order valence-electron chi connectivity index (χ2n) is 7.43. The van der Waals surface area contributed by atoms with E-state index in [0.717, 1.165) is 25.5 Å². The highest BCUT2D eigenvalue weighted by Crippen LogP contribution is 2.41. The summed E-state index contributed by atoms with van der Waals surface area (Å²) >= 11 is 0. The highest BCUT2D eigenvalue weighted by molar-refractivity contribution is 5.95. The second-order valence-corrected chi connectivity index (χ2v) is 7.43. The zero-order valence-corrected chi connectivity index (χ0v) is 16.3. The van der Waals surface area contributed by atoms with Crippen LogP contribution in [0.4, 0.5) is 10.2 Å². The Morgan fingerprint density at radius 2 is 2.30 bits per heavy atom. The summed E-state index contributed by atoms with van der Waals surface area (Å²) in [7, 11) is 0. The molecule has 5 rings (SSSR count). The fourth-order valence-corrected chi connectivity index (χ4v) is 4.24. The molecule has 9 nitrogen and oxygen atoms in total. The van der Waals surface area contributed by atoms with Crippen molar-refractivity contribution >= 4 is 17.4 Å². The summed E-state index contributed by atoms with van der Waals surface area (Å²) in [4.78, 5) is 33.6. The van der Waals surface area contributed by atoms with E-state index in [-0.39, 0.29) is 36.4 Å². The van der Waals surface area contributed by atoms with Gasteiger partial charge in [-0.05, 0) is 32.3 Å². The Morgan fingerprint density at radius 1 is 1.43 bits per heavy atom. The van der Waals surface area contributed by atoms with Gasteiger partial charge in [0.25, 0.3) is 5.56 Å². The number of nitrogens with one attached hydrogen (secondary N) is 1. The Balaban J connectivity index is 1.62. The third kappa shape index (κ3) is 2.99. The number of carbonyl (C=O) groups is 1. The summed E-state index contributed by atoms with van der Waals surface area (Å²) in [6.45, 7) is 2.14. The number of H-pyrrole nitrogens is 1. The van der Waals surface area contributed by atoms with Gasteiger partial charge >= 0.3 is 5.97 Å². The molecule has 0 bridgehead atoms. The third-order valence-corrected chi connectivity index (χ3v) is 5.59. The number of fused-ring (bicyclic) bond motifs is 3. The topological polar surface area (TPSA) is 102 Å². The first kappa shape index (κ1) is 18.6. The van der Waals surface area contributed by atoms with Crippen molar-refractivity contribution in [2.45, 2.75) is 44.9 Å². The highest BCUT2D eigenvalue weighted by Gasteiger charge is 2.41. The molecule has 30 heavy (non-hydrogen) atoms. The Hall–Kier alpha value is -3.43. The van der Waals surface area contributed by atoms with Gasteiger partial charge in [0.2, 0.25) is 0 Å². The van der Waals surface area contributed by atoms with Gasteiger partial charge < -0.3 is 19.4 Å². The SMILES string of the molecule is CCOC(=O)c1cnn2cc3c(nc12)N(Cc1cc(F)c[nH]c1=O)C1CCCC1O3. The molecule has 2 aliphatic rings. The third-order valence-electron chi connectivity index (χ3n) is 5.59. The Kier molecular flexibility index (Phi) is 4.41. The molecule has 1 fully saturated rings. The number of esters is 1. The lowest BCUT2D eigenvalue weighted by Gasteiger charge is -2.39. The lowest BCUT2D eigenvalue weighted by atomic mass is 10.1. The number of nitrogens with zero attached hydrogens (tertiary/aromatic N) is 4. The van der Waals surface area contributed by atoms with E-state index in [1.165, 1.54) is 16.8 Å². The minimum absolute atomic E-state index is 0.00378. The van der Waals surface area contributed by atoms with Crippen LogP contribution in [0.1, 0.15) is 42.1 Å². The van der Waals surface area contributed by atoms with Crippen molar-refractivity contribution < 1.29 is 18.7 Å². The minimum Gasteiger partial charge on any atom is -0.483 e. The molecule has 3 aromatic heterocycles. The predicted molar refractivity (Wildman–Crippen MR) is 104 cm³/mol. The maximum atomic E-state index is 13.8. The molecule has 156 valence electrons. The molecule has 1 saturated carbocycles. The quantitative estimate of drug-likeness (QED) is 0.653. The number of halogens is 1. The van der Waals surface area contributed by atoms with Crippen molar-refractivity contribution in [3.8, 4) is 5.75 Å². The Labute approximate surface area is 170 Å². The average molecular weight is 413 g/mol. The molecule has 2 atom stereocenters. The number of aromatic nitrogens is 4. The van der Waals surface area contributed by atoms with Crippen LogP contribution in [-0.4, -0.2) is 44.3 Å². The van der Waals surface area contributed by atoms with Gasteiger partial charge in [0.05, 0.1) is 31.6 Å². The van der Waals surface area contributed by atoms with Gasteiger partial charge in [0.1, 0.15) is 17.5 Å². The number of ether oxygens (including phenoxy) is 2. The zero-order chi connectivity index (χ0) is 20.8. The van der Waals surface area contributed by atoms with E-state index < -0.39 is 11.8 Å². The van der Waals surface area contributed by atoms with Crippen LogP contribution in [0.15, 0.2) is 29.5 Å². The molecule has 0 amide bonds. The van der Waals surface area contributed by atoms with E-state index in [4.69, 9.17) is 9.47 Å². The second kappa shape index (κ2) is 7.12. The molecule has 1 aliphatic heterocycles. The fourth-order valence-electron chi connectivity index (χ4n) is 4.24. The molecule has 10 heteroatoms. The molecular weight excluding hydrogens is 393 g/mol. The largest absolute Gasteiger partial charge is 0.483 e. The first-order valence-electron chi connectivity index (χ1n) is 9.91. The van der Waals surface area contributed by atoms with Crippen LogP contribution in [0.25, 0.3) is 5.65 Å². The summed E-state index contributed by atoms with van der Waals surface area (Å²) < 4.78 is 26.5. The van der Waals surface area contributed by atoms with Crippen molar-refractivity contribution in [3.63, 3.8) is 0 Å². The van der Waals surface area contributed by atoms with E-state index in [2.05, 4.69) is 15.1 Å². The van der Waals surface area contributed by atoms with E-state index in [1.807, 2.05) is 4.90 Å². The van der Waals surface area contributed by atoms with Crippen molar-refractivity contribution in [1.29, 1.82) is 0 Å². The summed E-state index contributed by atoms with van der Waals surface area (Å²) in [6.07, 6.45) is 6.80. The smallest absolute Gasteiger partial charge is 0.343 e. The lowest BCUT2D eigenvalue weighted by Crippen LogP contribution is -2.47. The molecule has 0 spiro atoms. The summed E-state index contributed by atoms with van der Waals surface area (Å²) in [5, 5.41) is 4.20. The maximum Gasteiger partial charge on any atom is 0.343 e. The summed E-state index contributed by atoms with van der Waals surface area (Å²) in [5.41, 5.74) is 0.535. The van der Waals surface area contributed by atoms with Gasteiger partial charge in [-0.1, -0.05) is 0 Å². The van der Waals surface area contributed by atoms with Gasteiger partial charge in [-0.3, -0.25) is 4.79 Å². The molecule has 4 heterocycles. The number of anilines is 1. The van der Waals surface area contributed by atoms with Crippen LogP contribution in [0.3, 0.4) is 0 Å². The zero-order valence-electron chi connectivity index (χ0n) is 16.3. The van der Waals surface area contributed by atoms with E-state index in [1.54, 1.807) is 13.1 Å². The Morgan fingerprint density at radius 3 is 3.13 bits per heavy atom. The fraction of sp³-hybridized carbons (Fsp3) is 0.400. The van der Waals surface area contributed by atoms with Gasteiger partial charge in [0.15, 0.2) is 17.2 Å². The van der Waals surface area contributed by atoms with Crippen LogP contribution in [-0.2, 0) is 11.3 Å². The number of hydrogen-bond donors (Lipinski definition) is 1. The van der Waals surface area contributed by atoms with E-state index in [0.29, 0.717) is 22.8 Å². The summed E-state index contributed by atoms with van der Waals surface area (Å²) in [6, 6.07) is 1.24. The minimum atomic E-state index is -0.511. The van der Waals surface area contributed by atoms with Crippen LogP contribution in [0.5, 0.6) is 5.75 Å². The van der Waals surface area contributed by atoms with Crippen molar-refractivity contribution in [3.05, 3.63) is 52.0 Å². The van der Waals surface area contributed by atoms with Crippen molar-refractivity contribution in [1.82, 2.24) is 19.6 Å². The molecule has 0 saturated heterocycles. The average Bonchev–Trinajstić information content (AvgIpc) is 3.35. The molecule has 0 aromatic carbocycles. The van der Waals surface area contributed by atoms with E-state index in [9.17, 15) is 14.0 Å². The monoisotopic (exact) mass is 413 g/mol. The molecule has 3 aromatic rings. The number of aromatic amines is 1. The molecule has 1 N–H and O–H groups in total.